The molecule has 1 aliphatic heterocycles. The van der Waals surface area contributed by atoms with Crippen molar-refractivity contribution in [3.63, 3.8) is 0 Å². The van der Waals surface area contributed by atoms with Crippen molar-refractivity contribution in [3.05, 3.63) is 30.1 Å². The first-order valence-corrected chi connectivity index (χ1v) is 6.00. The number of hydrogen-bond donors (Lipinski definition) is 1. The van der Waals surface area contributed by atoms with E-state index in [-0.39, 0.29) is 0 Å². The van der Waals surface area contributed by atoms with Crippen LogP contribution in [0.1, 0.15) is 11.9 Å². The molecular weight excluding hydrogens is 198 g/mol. The van der Waals surface area contributed by atoms with E-state index in [1.807, 2.05) is 0 Å². The fourth-order valence-electron chi connectivity index (χ4n) is 3.31. The largest absolute Gasteiger partial charge is 0.324 e. The molecule has 2 aliphatic rings. The van der Waals surface area contributed by atoms with Crippen molar-refractivity contribution in [1.29, 1.82) is 0 Å². The molecule has 0 bridgehead atoms. The van der Waals surface area contributed by atoms with Gasteiger partial charge in [-0.15, -0.1) is 0 Å². The van der Waals surface area contributed by atoms with Gasteiger partial charge in [-0.2, -0.15) is 0 Å². The third-order valence-corrected chi connectivity index (χ3v) is 4.12. The van der Waals surface area contributed by atoms with Gasteiger partial charge < -0.3 is 9.88 Å². The molecule has 2 fully saturated rings. The van der Waals surface area contributed by atoms with Gasteiger partial charge in [0.25, 0.3) is 0 Å². The molecule has 1 aliphatic carbocycles. The number of nitrogens with one attached hydrogen (secondary N) is 1. The van der Waals surface area contributed by atoms with Crippen molar-refractivity contribution in [3.8, 4) is 0 Å². The van der Waals surface area contributed by atoms with Crippen LogP contribution < -0.4 is 5.32 Å². The molecule has 2 unspecified atom stereocenters. The van der Waals surface area contributed by atoms with Gasteiger partial charge in [0.05, 0.1) is 11.0 Å². The Hall–Kier alpha value is -1.35. The van der Waals surface area contributed by atoms with E-state index in [0.717, 1.165) is 17.4 Å². The van der Waals surface area contributed by atoms with Gasteiger partial charge in [-0.3, -0.25) is 0 Å². The summed E-state index contributed by atoms with van der Waals surface area (Å²) in [6.07, 6.45) is 0. The Balaban J connectivity index is 1.88. The number of fused-ring (bicyclic) bond motifs is 2. The predicted octanol–water partition coefficient (Wildman–Crippen LogP) is 1.74. The van der Waals surface area contributed by atoms with E-state index in [1.54, 1.807) is 0 Å². The SMILES string of the molecule is Cc1nc2ccccc2n1C1C2CNCC21. The van der Waals surface area contributed by atoms with Crippen LogP contribution in [0, 0.1) is 18.8 Å². The maximum atomic E-state index is 4.64. The summed E-state index contributed by atoms with van der Waals surface area (Å²) in [6, 6.07) is 9.17. The lowest BCUT2D eigenvalue weighted by Crippen LogP contribution is -2.17. The molecule has 1 N–H and O–H groups in total. The molecule has 16 heavy (non-hydrogen) atoms. The topological polar surface area (TPSA) is 29.9 Å². The van der Waals surface area contributed by atoms with Crippen LogP contribution in [0.3, 0.4) is 0 Å². The number of imidazole rings is 1. The minimum absolute atomic E-state index is 0.702. The molecule has 3 heteroatoms. The molecule has 4 rings (SSSR count). The standard InChI is InChI=1S/C13H15N3/c1-8-15-11-4-2-3-5-12(11)16(8)13-9-6-14-7-10(9)13/h2-5,9-10,13-14H,6-7H2,1H3. The van der Waals surface area contributed by atoms with E-state index < -0.39 is 0 Å². The monoisotopic (exact) mass is 213 g/mol. The first kappa shape index (κ1) is 8.76. The van der Waals surface area contributed by atoms with Gasteiger partial charge in [0.1, 0.15) is 5.82 Å². The molecule has 0 spiro atoms. The molecular formula is C13H15N3. The number of para-hydroxylation sites is 2. The number of aromatic nitrogens is 2. The van der Waals surface area contributed by atoms with Crippen molar-refractivity contribution in [2.75, 3.05) is 13.1 Å². The lowest BCUT2D eigenvalue weighted by atomic mass is 10.3. The molecule has 1 saturated carbocycles. The summed E-state index contributed by atoms with van der Waals surface area (Å²) in [5, 5.41) is 3.45. The summed E-state index contributed by atoms with van der Waals surface area (Å²) < 4.78 is 2.45. The number of hydrogen-bond acceptors (Lipinski definition) is 2. The second kappa shape index (κ2) is 2.86. The van der Waals surface area contributed by atoms with Crippen molar-refractivity contribution in [2.24, 2.45) is 11.8 Å². The zero-order valence-electron chi connectivity index (χ0n) is 9.35. The highest BCUT2D eigenvalue weighted by Crippen LogP contribution is 2.53. The smallest absolute Gasteiger partial charge is 0.107 e. The molecule has 2 atom stereocenters. The van der Waals surface area contributed by atoms with E-state index >= 15 is 0 Å². The average molecular weight is 213 g/mol. The third kappa shape index (κ3) is 0.990. The Morgan fingerprint density at radius 1 is 1.25 bits per heavy atom. The quantitative estimate of drug-likeness (QED) is 0.782. The molecule has 1 saturated heterocycles. The maximum absolute atomic E-state index is 4.64. The van der Waals surface area contributed by atoms with Gasteiger partial charge >= 0.3 is 0 Å². The van der Waals surface area contributed by atoms with Crippen LogP contribution >= 0.6 is 0 Å². The van der Waals surface area contributed by atoms with Crippen LogP contribution in [0.15, 0.2) is 24.3 Å². The first-order valence-electron chi connectivity index (χ1n) is 6.00. The molecule has 2 heterocycles. The number of nitrogens with zero attached hydrogens (tertiary/aromatic N) is 2. The van der Waals surface area contributed by atoms with Crippen LogP contribution in [0.25, 0.3) is 11.0 Å². The molecule has 0 radical (unpaired) electrons. The Morgan fingerprint density at radius 3 is 2.81 bits per heavy atom. The third-order valence-electron chi connectivity index (χ3n) is 4.12. The Labute approximate surface area is 94.5 Å². The van der Waals surface area contributed by atoms with Crippen LogP contribution in [0.4, 0.5) is 0 Å². The fourth-order valence-corrected chi connectivity index (χ4v) is 3.31. The molecule has 2 aromatic rings. The highest BCUT2D eigenvalue weighted by Gasteiger charge is 2.54. The molecule has 0 amide bonds. The van der Waals surface area contributed by atoms with Gasteiger partial charge in [-0.05, 0) is 30.9 Å². The number of piperidine rings is 1. The molecule has 3 nitrogen and oxygen atoms in total. The van der Waals surface area contributed by atoms with Crippen molar-refractivity contribution in [2.45, 2.75) is 13.0 Å². The van der Waals surface area contributed by atoms with E-state index in [2.05, 4.69) is 46.1 Å². The van der Waals surface area contributed by atoms with Gasteiger partial charge in [-0.25, -0.2) is 4.98 Å². The van der Waals surface area contributed by atoms with E-state index in [9.17, 15) is 0 Å². The van der Waals surface area contributed by atoms with Crippen LogP contribution in [0.5, 0.6) is 0 Å². The Morgan fingerprint density at radius 2 is 2.00 bits per heavy atom. The van der Waals surface area contributed by atoms with E-state index in [0.29, 0.717) is 6.04 Å². The summed E-state index contributed by atoms with van der Waals surface area (Å²) in [5.41, 5.74) is 2.44. The summed E-state index contributed by atoms with van der Waals surface area (Å²) >= 11 is 0. The van der Waals surface area contributed by atoms with Gasteiger partial charge in [0.2, 0.25) is 0 Å². The molecule has 1 aromatic carbocycles. The zero-order chi connectivity index (χ0) is 10.7. The molecule has 82 valence electrons. The van der Waals surface area contributed by atoms with Crippen molar-refractivity contribution >= 4 is 11.0 Å². The highest BCUT2D eigenvalue weighted by molar-refractivity contribution is 5.76. The van der Waals surface area contributed by atoms with Gasteiger partial charge in [-0.1, -0.05) is 12.1 Å². The first-order chi connectivity index (χ1) is 7.86. The van der Waals surface area contributed by atoms with Crippen molar-refractivity contribution < 1.29 is 0 Å². The zero-order valence-corrected chi connectivity index (χ0v) is 9.35. The lowest BCUT2D eigenvalue weighted by molar-refractivity contribution is 0.570. The summed E-state index contributed by atoms with van der Waals surface area (Å²) in [6.45, 7) is 4.49. The second-order valence-electron chi connectivity index (χ2n) is 4.99. The van der Waals surface area contributed by atoms with Crippen molar-refractivity contribution in [1.82, 2.24) is 14.9 Å². The summed E-state index contributed by atoms with van der Waals surface area (Å²) in [4.78, 5) is 4.64. The summed E-state index contributed by atoms with van der Waals surface area (Å²) in [7, 11) is 0. The molecule has 1 aromatic heterocycles. The van der Waals surface area contributed by atoms with Gasteiger partial charge in [0, 0.05) is 19.1 Å². The lowest BCUT2D eigenvalue weighted by Gasteiger charge is -2.09. The maximum Gasteiger partial charge on any atom is 0.107 e. The minimum Gasteiger partial charge on any atom is -0.324 e. The number of rotatable bonds is 1. The highest BCUT2D eigenvalue weighted by atomic mass is 15.2. The van der Waals surface area contributed by atoms with Gasteiger partial charge in [0.15, 0.2) is 0 Å². The number of benzene rings is 1. The fraction of sp³-hybridized carbons (Fsp3) is 0.462. The van der Waals surface area contributed by atoms with Crippen LogP contribution in [0.2, 0.25) is 0 Å². The second-order valence-corrected chi connectivity index (χ2v) is 4.99. The van der Waals surface area contributed by atoms with E-state index in [1.165, 1.54) is 24.4 Å². The predicted molar refractivity (Wildman–Crippen MR) is 63.4 cm³/mol. The van der Waals surface area contributed by atoms with Crippen LogP contribution in [-0.2, 0) is 0 Å². The Kier molecular flexibility index (Phi) is 1.56. The van der Waals surface area contributed by atoms with Crippen LogP contribution in [-0.4, -0.2) is 22.6 Å². The Bertz CT molecular complexity index is 547. The number of aryl methyl sites for hydroxylation is 1. The summed E-state index contributed by atoms with van der Waals surface area (Å²) in [5.74, 6) is 2.85. The van der Waals surface area contributed by atoms with E-state index in [4.69, 9.17) is 0 Å². The normalized spacial score (nSPS) is 31.9. The average Bonchev–Trinajstić information content (AvgIpc) is 2.69. The minimum atomic E-state index is 0.702.